The summed E-state index contributed by atoms with van der Waals surface area (Å²) < 4.78 is 0. The van der Waals surface area contributed by atoms with Crippen LogP contribution in [0.5, 0.6) is 0 Å². The quantitative estimate of drug-likeness (QED) is 0.856. The molecule has 3 heterocycles. The molecular formula is C13H17N5OS. The Morgan fingerprint density at radius 3 is 2.65 bits per heavy atom. The molecule has 1 fully saturated rings. The van der Waals surface area contributed by atoms with Crippen molar-refractivity contribution in [2.24, 2.45) is 0 Å². The lowest BCUT2D eigenvalue weighted by Gasteiger charge is -2.35. The Bertz CT molecular complexity index is 660. The summed E-state index contributed by atoms with van der Waals surface area (Å²) in [6, 6.07) is 2.10. The van der Waals surface area contributed by atoms with E-state index < -0.39 is 0 Å². The molecule has 0 unspecified atom stereocenters. The third-order valence-electron chi connectivity index (χ3n) is 3.54. The molecule has 1 aliphatic heterocycles. The fraction of sp³-hybridized carbons (Fsp3) is 0.462. The van der Waals surface area contributed by atoms with Gasteiger partial charge < -0.3 is 15.5 Å². The van der Waals surface area contributed by atoms with Gasteiger partial charge in [-0.2, -0.15) is 4.98 Å². The van der Waals surface area contributed by atoms with Gasteiger partial charge in [-0.05, 0) is 13.0 Å². The summed E-state index contributed by atoms with van der Waals surface area (Å²) in [5.41, 5.74) is 5.81. The van der Waals surface area contributed by atoms with Gasteiger partial charge in [-0.15, -0.1) is 11.3 Å². The summed E-state index contributed by atoms with van der Waals surface area (Å²) in [4.78, 5) is 26.2. The number of carbonyl (C=O) groups is 1. The van der Waals surface area contributed by atoms with Gasteiger partial charge in [-0.1, -0.05) is 0 Å². The summed E-state index contributed by atoms with van der Waals surface area (Å²) in [6.07, 6.45) is 0. The maximum Gasteiger partial charge on any atom is 0.223 e. The van der Waals surface area contributed by atoms with Crippen LogP contribution in [0.3, 0.4) is 0 Å². The molecule has 0 aliphatic carbocycles. The molecule has 3 rings (SSSR count). The van der Waals surface area contributed by atoms with Crippen molar-refractivity contribution in [2.45, 2.75) is 13.8 Å². The SMILES string of the molecule is CC(=O)N1CCN(c2nc(N)nc3sc(C)cc23)CC1. The zero-order valence-corrected chi connectivity index (χ0v) is 12.4. The standard InChI is InChI=1S/C13H17N5OS/c1-8-7-10-11(15-13(14)16-12(10)20-8)18-5-3-17(4-6-18)9(2)19/h7H,3-6H2,1-2H3,(H2,14,15,16). The van der Waals surface area contributed by atoms with E-state index in [9.17, 15) is 4.79 Å². The van der Waals surface area contributed by atoms with Crippen LogP contribution in [0.15, 0.2) is 6.07 Å². The van der Waals surface area contributed by atoms with Crippen molar-refractivity contribution < 1.29 is 4.79 Å². The maximum atomic E-state index is 11.4. The molecular weight excluding hydrogens is 274 g/mol. The second kappa shape index (κ2) is 4.90. The van der Waals surface area contributed by atoms with Gasteiger partial charge in [0.2, 0.25) is 11.9 Å². The highest BCUT2D eigenvalue weighted by Gasteiger charge is 2.22. The second-order valence-corrected chi connectivity index (χ2v) is 6.21. The lowest BCUT2D eigenvalue weighted by atomic mass is 10.2. The summed E-state index contributed by atoms with van der Waals surface area (Å²) in [5.74, 6) is 1.33. The molecule has 2 N–H and O–H groups in total. The second-order valence-electron chi connectivity index (χ2n) is 4.97. The molecule has 7 heteroatoms. The van der Waals surface area contributed by atoms with Crippen LogP contribution in [-0.2, 0) is 4.79 Å². The zero-order chi connectivity index (χ0) is 14.3. The minimum absolute atomic E-state index is 0.128. The van der Waals surface area contributed by atoms with Crippen molar-refractivity contribution in [1.82, 2.24) is 14.9 Å². The first-order valence-electron chi connectivity index (χ1n) is 6.58. The number of hydrogen-bond acceptors (Lipinski definition) is 6. The van der Waals surface area contributed by atoms with Gasteiger partial charge in [0.05, 0.1) is 5.39 Å². The van der Waals surface area contributed by atoms with Crippen molar-refractivity contribution in [2.75, 3.05) is 36.8 Å². The predicted octanol–water partition coefficient (Wildman–Crippen LogP) is 1.25. The van der Waals surface area contributed by atoms with Gasteiger partial charge in [0.25, 0.3) is 0 Å². The Hall–Kier alpha value is -1.89. The zero-order valence-electron chi connectivity index (χ0n) is 11.6. The summed E-state index contributed by atoms with van der Waals surface area (Å²) in [7, 11) is 0. The van der Waals surface area contributed by atoms with Crippen LogP contribution in [0.25, 0.3) is 10.2 Å². The number of carbonyl (C=O) groups excluding carboxylic acids is 1. The highest BCUT2D eigenvalue weighted by Crippen LogP contribution is 2.31. The number of rotatable bonds is 1. The first-order chi connectivity index (χ1) is 9.54. The smallest absolute Gasteiger partial charge is 0.223 e. The topological polar surface area (TPSA) is 75.4 Å². The van der Waals surface area contributed by atoms with Crippen LogP contribution in [0, 0.1) is 6.92 Å². The molecule has 1 amide bonds. The molecule has 20 heavy (non-hydrogen) atoms. The normalized spacial score (nSPS) is 15.9. The van der Waals surface area contributed by atoms with Crippen LogP contribution >= 0.6 is 11.3 Å². The molecule has 0 radical (unpaired) electrons. The number of anilines is 2. The Morgan fingerprint density at radius 2 is 2.00 bits per heavy atom. The molecule has 2 aromatic heterocycles. The molecule has 0 spiro atoms. The number of nitrogens with zero attached hydrogens (tertiary/aromatic N) is 4. The number of piperazine rings is 1. The third-order valence-corrected chi connectivity index (χ3v) is 4.48. The third kappa shape index (κ3) is 2.29. The molecule has 0 saturated carbocycles. The molecule has 106 valence electrons. The fourth-order valence-corrected chi connectivity index (χ4v) is 3.40. The van der Waals surface area contributed by atoms with Crippen molar-refractivity contribution in [3.63, 3.8) is 0 Å². The van der Waals surface area contributed by atoms with Crippen molar-refractivity contribution in [3.05, 3.63) is 10.9 Å². The highest BCUT2D eigenvalue weighted by atomic mass is 32.1. The van der Waals surface area contributed by atoms with E-state index in [0.717, 1.165) is 42.2 Å². The summed E-state index contributed by atoms with van der Waals surface area (Å²) in [5, 5.41) is 1.05. The van der Waals surface area contributed by atoms with Crippen LogP contribution in [0.1, 0.15) is 11.8 Å². The van der Waals surface area contributed by atoms with E-state index in [4.69, 9.17) is 5.73 Å². The van der Waals surface area contributed by atoms with Crippen LogP contribution in [0.4, 0.5) is 11.8 Å². The van der Waals surface area contributed by atoms with E-state index in [0.29, 0.717) is 5.95 Å². The van der Waals surface area contributed by atoms with Gasteiger partial charge in [-0.3, -0.25) is 4.79 Å². The summed E-state index contributed by atoms with van der Waals surface area (Å²) in [6.45, 7) is 6.67. The minimum atomic E-state index is 0.128. The largest absolute Gasteiger partial charge is 0.368 e. The molecule has 1 aliphatic rings. The Balaban J connectivity index is 1.93. The number of aromatic nitrogens is 2. The summed E-state index contributed by atoms with van der Waals surface area (Å²) >= 11 is 1.63. The number of nitrogen functional groups attached to an aromatic ring is 1. The molecule has 6 nitrogen and oxygen atoms in total. The first kappa shape index (κ1) is 13.1. The molecule has 1 saturated heterocycles. The number of thiophene rings is 1. The minimum Gasteiger partial charge on any atom is -0.368 e. The lowest BCUT2D eigenvalue weighted by Crippen LogP contribution is -2.48. The molecule has 2 aromatic rings. The lowest BCUT2D eigenvalue weighted by molar-refractivity contribution is -0.129. The van der Waals surface area contributed by atoms with Gasteiger partial charge in [-0.25, -0.2) is 4.98 Å². The van der Waals surface area contributed by atoms with Crippen LogP contribution < -0.4 is 10.6 Å². The Morgan fingerprint density at radius 1 is 1.30 bits per heavy atom. The van der Waals surface area contributed by atoms with E-state index in [1.54, 1.807) is 18.3 Å². The number of nitrogens with two attached hydrogens (primary N) is 1. The van der Waals surface area contributed by atoms with Gasteiger partial charge >= 0.3 is 0 Å². The first-order valence-corrected chi connectivity index (χ1v) is 7.40. The van der Waals surface area contributed by atoms with Gasteiger partial charge in [0.1, 0.15) is 10.6 Å². The fourth-order valence-electron chi connectivity index (χ4n) is 2.52. The van der Waals surface area contributed by atoms with E-state index in [1.165, 1.54) is 4.88 Å². The Labute approximate surface area is 121 Å². The maximum absolute atomic E-state index is 11.4. The molecule has 0 aromatic carbocycles. The number of fused-ring (bicyclic) bond motifs is 1. The van der Waals surface area contributed by atoms with Crippen LogP contribution in [-0.4, -0.2) is 47.0 Å². The number of amides is 1. The molecule has 0 bridgehead atoms. The Kier molecular flexibility index (Phi) is 3.21. The highest BCUT2D eigenvalue weighted by molar-refractivity contribution is 7.18. The predicted molar refractivity (Wildman–Crippen MR) is 81.0 cm³/mol. The van der Waals surface area contributed by atoms with E-state index in [-0.39, 0.29) is 5.91 Å². The average molecular weight is 291 g/mol. The van der Waals surface area contributed by atoms with Gasteiger partial charge in [0, 0.05) is 38.0 Å². The molecule has 0 atom stereocenters. The van der Waals surface area contributed by atoms with Crippen molar-refractivity contribution in [3.8, 4) is 0 Å². The van der Waals surface area contributed by atoms with E-state index in [2.05, 4.69) is 27.9 Å². The van der Waals surface area contributed by atoms with Gasteiger partial charge in [0.15, 0.2) is 0 Å². The number of hydrogen-bond donors (Lipinski definition) is 1. The van der Waals surface area contributed by atoms with Crippen molar-refractivity contribution >= 4 is 39.2 Å². The van der Waals surface area contributed by atoms with E-state index >= 15 is 0 Å². The average Bonchev–Trinajstić information content (AvgIpc) is 2.78. The van der Waals surface area contributed by atoms with E-state index in [1.807, 2.05) is 4.90 Å². The van der Waals surface area contributed by atoms with Crippen molar-refractivity contribution in [1.29, 1.82) is 0 Å². The van der Waals surface area contributed by atoms with Crippen LogP contribution in [0.2, 0.25) is 0 Å². The number of aryl methyl sites for hydroxylation is 1. The monoisotopic (exact) mass is 291 g/mol.